The topological polar surface area (TPSA) is 203 Å². The Balaban J connectivity index is 1.51. The van der Waals surface area contributed by atoms with Crippen LogP contribution in [0.25, 0.3) is 0 Å². The SMILES string of the molecule is CC(C)(C)c1cc2c3c(c1)Cc1cc(C(C)(C)C)cc(c1OCC(=O)NCCN)Cc1cc(C(C)(C)C)cc4c1OCCOCCOCCOc1c(cc(C(C)(C)C)cc1Cc1cc(C(C)(C)C)cc(c1OCC(=O)NCCN)Cc1cc(C(C)(C)C)cc(c1OCCOCCOCCO3)C4)C2. The maximum atomic E-state index is 14.0. The fourth-order valence-corrected chi connectivity index (χ4v) is 13.3. The van der Waals surface area contributed by atoms with Gasteiger partial charge in [0.2, 0.25) is 0 Å². The number of hydrogen-bond donors (Lipinski definition) is 4. The third-order valence-corrected chi connectivity index (χ3v) is 19.2. The molecule has 0 radical (unpaired) electrons. The van der Waals surface area contributed by atoms with Gasteiger partial charge in [-0.3, -0.25) is 9.59 Å². The van der Waals surface area contributed by atoms with Crippen LogP contribution in [-0.2, 0) is 99.6 Å². The molecule has 6 N–H and O–H groups in total. The second kappa shape index (κ2) is 33.7. The molecule has 0 fully saturated rings. The van der Waals surface area contributed by atoms with Crippen molar-refractivity contribution in [1.82, 2.24) is 10.6 Å². The Morgan fingerprint density at radius 2 is 0.480 bits per heavy atom. The van der Waals surface area contributed by atoms with Crippen molar-refractivity contribution < 1.29 is 57.0 Å². The maximum Gasteiger partial charge on any atom is 0.257 e. The molecule has 6 aromatic rings. The van der Waals surface area contributed by atoms with Crippen molar-refractivity contribution in [2.75, 3.05) is 119 Å². The average molecular weight is 1400 g/mol. The summed E-state index contributed by atoms with van der Waals surface area (Å²) in [6.45, 7) is 44.6. The Bertz CT molecular complexity index is 3430. The van der Waals surface area contributed by atoms with Gasteiger partial charge in [0.1, 0.15) is 60.9 Å². The minimum atomic E-state index is -0.340. The van der Waals surface area contributed by atoms with E-state index in [-0.39, 0.29) is 97.0 Å². The summed E-state index contributed by atoms with van der Waals surface area (Å²) in [4.78, 5) is 28.0. The minimum Gasteiger partial charge on any atom is -0.491 e. The van der Waals surface area contributed by atoms with Gasteiger partial charge in [-0.1, -0.05) is 197 Å². The van der Waals surface area contributed by atoms with Gasteiger partial charge in [0, 0.05) is 64.7 Å². The number of carbonyl (C=O) groups excluding carboxylic acids is 2. The molecule has 10 rings (SSSR count). The van der Waals surface area contributed by atoms with Crippen LogP contribution in [0.1, 0.15) is 225 Å². The van der Waals surface area contributed by atoms with Gasteiger partial charge in [-0.05, 0) is 133 Å². The van der Waals surface area contributed by atoms with Gasteiger partial charge >= 0.3 is 0 Å². The average Bonchev–Trinajstić information content (AvgIpc) is 0.777. The number of fused-ring (bicyclic) bond motifs is 18. The van der Waals surface area contributed by atoms with Crippen LogP contribution in [0.4, 0.5) is 0 Å². The zero-order valence-electron chi connectivity index (χ0n) is 65.0. The molecule has 6 aromatic carbocycles. The molecule has 0 aliphatic carbocycles. The van der Waals surface area contributed by atoms with Crippen LogP contribution in [0.2, 0.25) is 0 Å². The molecule has 4 heterocycles. The lowest BCUT2D eigenvalue weighted by atomic mass is 9.79. The summed E-state index contributed by atoms with van der Waals surface area (Å²) in [6.07, 6.45) is 2.29. The van der Waals surface area contributed by atoms with Crippen LogP contribution < -0.4 is 50.5 Å². The summed E-state index contributed by atoms with van der Waals surface area (Å²) in [5.74, 6) is 3.56. The molecular formula is C86H120N4O12. The Labute approximate surface area is 609 Å². The van der Waals surface area contributed by atoms with Crippen LogP contribution in [0.15, 0.2) is 72.8 Å². The number of ether oxygens (including phenoxy) is 10. The van der Waals surface area contributed by atoms with Crippen LogP contribution in [0.5, 0.6) is 34.5 Å². The van der Waals surface area contributed by atoms with Gasteiger partial charge in [-0.25, -0.2) is 0 Å². The lowest BCUT2D eigenvalue weighted by Gasteiger charge is -2.29. The van der Waals surface area contributed by atoms with E-state index >= 15 is 0 Å². The second-order valence-corrected chi connectivity index (χ2v) is 34.0. The van der Waals surface area contributed by atoms with Crippen LogP contribution in [0, 0.1) is 0 Å². The van der Waals surface area contributed by atoms with Crippen LogP contribution >= 0.6 is 0 Å². The summed E-state index contributed by atoms with van der Waals surface area (Å²) < 4.78 is 69.0. The van der Waals surface area contributed by atoms with Crippen molar-refractivity contribution in [2.45, 2.75) is 196 Å². The maximum absolute atomic E-state index is 14.0. The number of benzene rings is 6. The first kappa shape index (κ1) is 78.9. The highest BCUT2D eigenvalue weighted by molar-refractivity contribution is 5.78. The molecule has 0 unspecified atom stereocenters. The van der Waals surface area contributed by atoms with E-state index in [1.54, 1.807) is 0 Å². The third kappa shape index (κ3) is 21.0. The molecule has 0 aromatic heterocycles. The van der Waals surface area contributed by atoms with Crippen molar-refractivity contribution in [2.24, 2.45) is 11.5 Å². The Morgan fingerprint density at radius 3 is 0.667 bits per heavy atom. The molecule has 0 spiro atoms. The number of nitrogens with two attached hydrogens (primary N) is 2. The van der Waals surface area contributed by atoms with E-state index in [4.69, 9.17) is 58.8 Å². The predicted octanol–water partition coefficient (Wildman–Crippen LogP) is 13.8. The molecule has 2 amide bonds. The fourth-order valence-electron chi connectivity index (χ4n) is 13.3. The Morgan fingerprint density at radius 1 is 0.304 bits per heavy atom. The number of amides is 2. The highest BCUT2D eigenvalue weighted by Gasteiger charge is 2.32. The van der Waals surface area contributed by atoms with E-state index in [9.17, 15) is 9.59 Å². The van der Waals surface area contributed by atoms with Crippen molar-refractivity contribution in [3.8, 4) is 34.5 Å². The first-order valence-electron chi connectivity index (χ1n) is 37.1. The van der Waals surface area contributed by atoms with Gasteiger partial charge in [0.05, 0.1) is 52.9 Å². The Hall–Kier alpha value is -7.18. The van der Waals surface area contributed by atoms with Crippen molar-refractivity contribution in [3.05, 3.63) is 173 Å². The lowest BCUT2D eigenvalue weighted by Crippen LogP contribution is -2.33. The summed E-state index contributed by atoms with van der Waals surface area (Å²) in [6, 6.07) is 27.5. The summed E-state index contributed by atoms with van der Waals surface area (Å²) >= 11 is 0. The second-order valence-electron chi connectivity index (χ2n) is 34.0. The normalized spacial score (nSPS) is 15.8. The molecule has 4 aliphatic heterocycles. The molecule has 556 valence electrons. The molecule has 0 saturated heterocycles. The highest BCUT2D eigenvalue weighted by Crippen LogP contribution is 2.47. The van der Waals surface area contributed by atoms with E-state index in [0.29, 0.717) is 116 Å². The van der Waals surface area contributed by atoms with E-state index in [1.807, 2.05) is 0 Å². The van der Waals surface area contributed by atoms with Crippen LogP contribution in [-0.4, -0.2) is 130 Å². The number of nitrogens with one attached hydrogen (secondary N) is 2. The quantitative estimate of drug-likeness (QED) is 0.0942. The van der Waals surface area contributed by atoms with Crippen molar-refractivity contribution >= 4 is 11.8 Å². The zero-order chi connectivity index (χ0) is 74.0. The predicted molar refractivity (Wildman–Crippen MR) is 408 cm³/mol. The number of carbonyl (C=O) groups is 2. The van der Waals surface area contributed by atoms with E-state index in [2.05, 4.69) is 208 Å². The minimum absolute atomic E-state index is 0.235. The molecule has 102 heavy (non-hydrogen) atoms. The summed E-state index contributed by atoms with van der Waals surface area (Å²) in [5.41, 5.74) is 27.8. The highest BCUT2D eigenvalue weighted by atomic mass is 16.6. The van der Waals surface area contributed by atoms with Gasteiger partial charge in [-0.15, -0.1) is 0 Å². The fraction of sp³-hybridized carbons (Fsp3) is 0.558. The molecule has 0 atom stereocenters. The third-order valence-electron chi connectivity index (χ3n) is 19.2. The van der Waals surface area contributed by atoms with Gasteiger partial charge in [-0.2, -0.15) is 0 Å². The Kier molecular flexibility index (Phi) is 26.1. The lowest BCUT2D eigenvalue weighted by molar-refractivity contribution is -0.123. The molecule has 16 nitrogen and oxygen atoms in total. The van der Waals surface area contributed by atoms with Crippen LogP contribution in [0.3, 0.4) is 0 Å². The monoisotopic (exact) mass is 1400 g/mol. The number of rotatable bonds is 10. The number of hydrogen-bond acceptors (Lipinski definition) is 14. The first-order valence-corrected chi connectivity index (χ1v) is 37.1. The molecule has 4 aliphatic rings. The standard InChI is InChI=1S/C86H120N4O12/c1-81(2,3)67-41-55-35-56-42-68(82(4,5)6)46-60-38-65-51-72(86(16,17)18)52-66(80(65)102-54-74(92)90-22-20-88)40-62-48-70(84(10,11)12)44-58-36-57-43-69(83(7,8)9)47-61(77(57)99-33-30-96-26-25-94-28-32-98-76(56)60)39-64-50-71(85(13,14)15)49-63(79(64)101-53-73(91)89-21-19-87)37-59(45-67)75(55)97-31-27-93-23-24-95-29-34-100-78(58)62/h41-52H,19-40,53-54,87-88H2,1-18H3,(H,89,91)(H,90,92). The van der Waals surface area contributed by atoms with Crippen molar-refractivity contribution in [3.63, 3.8) is 0 Å². The largest absolute Gasteiger partial charge is 0.491 e. The molecule has 16 heteroatoms. The first-order chi connectivity index (χ1) is 48.1. The van der Waals surface area contributed by atoms with E-state index in [0.717, 1.165) is 123 Å². The van der Waals surface area contributed by atoms with Gasteiger partial charge in [0.25, 0.3) is 11.8 Å². The van der Waals surface area contributed by atoms with Crippen molar-refractivity contribution in [1.29, 1.82) is 0 Å². The molecular weight excluding hydrogens is 1280 g/mol. The molecule has 16 bridgehead atoms. The summed E-state index contributed by atoms with van der Waals surface area (Å²) in [5, 5.41) is 5.96. The molecule has 0 saturated carbocycles. The van der Waals surface area contributed by atoms with E-state index in [1.165, 1.54) is 0 Å². The zero-order valence-corrected chi connectivity index (χ0v) is 65.0. The van der Waals surface area contributed by atoms with E-state index < -0.39 is 0 Å². The van der Waals surface area contributed by atoms with Gasteiger partial charge < -0.3 is 69.5 Å². The van der Waals surface area contributed by atoms with Gasteiger partial charge in [0.15, 0.2) is 13.2 Å². The summed E-state index contributed by atoms with van der Waals surface area (Å²) in [7, 11) is 0. The smallest absolute Gasteiger partial charge is 0.257 e.